The number of nitrogens with two attached hydrogens (primary N) is 6. The first kappa shape index (κ1) is 60.7. The van der Waals surface area contributed by atoms with Crippen molar-refractivity contribution in [2.75, 3.05) is 13.1 Å². The van der Waals surface area contributed by atoms with E-state index in [2.05, 4.69) is 41.6 Å². The zero-order valence-corrected chi connectivity index (χ0v) is 43.3. The summed E-state index contributed by atoms with van der Waals surface area (Å²) in [4.78, 5) is 148. The molecule has 0 aliphatic carbocycles. The molecule has 1 aliphatic rings. The number of aromatic amines is 1. The van der Waals surface area contributed by atoms with Crippen LogP contribution < -0.4 is 61.0 Å². The number of carbonyl (C=O) groups is 10. The van der Waals surface area contributed by atoms with Crippen LogP contribution in [0.1, 0.15) is 102 Å². The minimum Gasteiger partial charge on any atom is -0.370 e. The first-order chi connectivity index (χ1) is 36.1. The molecule has 1 saturated heterocycles. The predicted molar refractivity (Wildman–Crippen MR) is 284 cm³/mol. The number of benzene rings is 2. The molecule has 0 radical (unpaired) electrons. The molecule has 24 nitrogen and oxygen atoms in total. The Hall–Kier alpha value is -7.89. The average molecular weight is 1080 g/mol. The fourth-order valence-corrected chi connectivity index (χ4v) is 9.07. The van der Waals surface area contributed by atoms with Crippen molar-refractivity contribution in [3.8, 4) is 0 Å². The maximum absolute atomic E-state index is 14.8. The summed E-state index contributed by atoms with van der Waals surface area (Å²) in [6, 6.07) is 6.73. The van der Waals surface area contributed by atoms with Gasteiger partial charge in [0.05, 0.1) is 12.5 Å². The Morgan fingerprint density at radius 2 is 1.37 bits per heavy atom. The minimum atomic E-state index is -1.72. The van der Waals surface area contributed by atoms with Crippen molar-refractivity contribution in [1.82, 2.24) is 31.6 Å². The molecule has 76 heavy (non-hydrogen) atoms. The minimum absolute atomic E-state index is 0.00754. The number of nitrogens with zero attached hydrogens (tertiary/aromatic N) is 2. The number of guanidine groups is 2. The second-order valence-corrected chi connectivity index (χ2v) is 19.3. The summed E-state index contributed by atoms with van der Waals surface area (Å²) >= 11 is 6.57. The summed E-state index contributed by atoms with van der Waals surface area (Å²) in [5, 5.41) is 14.0. The number of carbonyl (C=O) groups excluding carboxylic acids is 10. The van der Waals surface area contributed by atoms with E-state index in [0.29, 0.717) is 11.1 Å². The van der Waals surface area contributed by atoms with E-state index in [9.17, 15) is 47.9 Å². The van der Waals surface area contributed by atoms with Gasteiger partial charge in [0.25, 0.3) is 0 Å². The standard InChI is InChI=1S/C51H71ClN14O10/c1-28(67)62-38(17-9-21-60-51(57)58)47(74)64-39-16-6-3-12-33(68)18-19-37(45(54)72)63-46(73)31(22-32-27-61-36-15-7-4-13-34(32)36)25-42(69)30(11-8-20-59-50(55)56)24-43(70)40(23-29-10-2-5-14-35(29)52)65-49(76)41(26-44(53)71)66-48(39)75/h2,4-5,7,10,13-15,27,30-31,37-41,61H,3,6,8-9,11-12,16-26H2,1H3,(H2,53,71)(H2,54,72)(H,62,67)(H,63,73)(H,64,74)(H,65,76)(H,66,75)(H4,55,56,59)(H4,57,58,60)/t30-,31-,37+,38+,39+,40-,41+/m1/s1. The van der Waals surface area contributed by atoms with Crippen molar-refractivity contribution >= 4 is 93.1 Å². The predicted octanol–water partition coefficient (Wildman–Crippen LogP) is -0.408. The molecule has 1 aromatic heterocycles. The van der Waals surface area contributed by atoms with Crippen LogP contribution in [-0.4, -0.2) is 119 Å². The number of ketones is 3. The third kappa shape index (κ3) is 20.4. The second kappa shape index (κ2) is 30.5. The molecule has 25 heteroatoms. The highest BCUT2D eigenvalue weighted by atomic mass is 35.5. The largest absolute Gasteiger partial charge is 0.370 e. The number of Topliss-reactive ketones (excluding diaryl/α,β-unsaturated/α-hetero) is 3. The summed E-state index contributed by atoms with van der Waals surface area (Å²) in [5.41, 5.74) is 35.3. The van der Waals surface area contributed by atoms with Crippen molar-refractivity contribution in [3.63, 3.8) is 0 Å². The van der Waals surface area contributed by atoms with Gasteiger partial charge >= 0.3 is 0 Å². The Morgan fingerprint density at radius 3 is 2.04 bits per heavy atom. The number of fused-ring (bicyclic) bond motifs is 1. The Kier molecular flexibility index (Phi) is 24.3. The highest BCUT2D eigenvalue weighted by Crippen LogP contribution is 2.27. The monoisotopic (exact) mass is 1070 g/mol. The lowest BCUT2D eigenvalue weighted by molar-refractivity contribution is -0.136. The first-order valence-electron chi connectivity index (χ1n) is 25.1. The maximum atomic E-state index is 14.8. The zero-order valence-electron chi connectivity index (χ0n) is 42.6. The third-order valence-electron chi connectivity index (χ3n) is 12.8. The molecule has 3 aromatic rings. The van der Waals surface area contributed by atoms with Gasteiger partial charge in [0, 0.05) is 86.1 Å². The topological polar surface area (TPSA) is 427 Å². The summed E-state index contributed by atoms with van der Waals surface area (Å²) in [6.07, 6.45) is 0.0647. The van der Waals surface area contributed by atoms with Gasteiger partial charge < -0.3 is 66.0 Å². The van der Waals surface area contributed by atoms with E-state index in [-0.39, 0.29) is 113 Å². The molecular formula is C51H71ClN14O10. The molecule has 2 aromatic carbocycles. The SMILES string of the molecule is CC(=O)N[C@@H](CCCN=C(N)N)C(=O)N[C@H]1CCCCC(=O)CC[C@@H](C(N)=O)NC(=O)[C@H](Cc2c[nH]c3ccccc23)CC(=O)[C@H](CCCN=C(N)N)CC(=O)[C@@H](Cc2ccccc2Cl)NC(=O)[C@H](CC(N)=O)NC1=O. The van der Waals surface area contributed by atoms with Gasteiger partial charge in [-0.3, -0.25) is 57.9 Å². The number of nitrogens with one attached hydrogen (secondary N) is 6. The van der Waals surface area contributed by atoms with E-state index in [1.54, 1.807) is 30.5 Å². The first-order valence-corrected chi connectivity index (χ1v) is 25.5. The molecule has 0 saturated carbocycles. The summed E-state index contributed by atoms with van der Waals surface area (Å²) in [7, 11) is 0. The van der Waals surface area contributed by atoms with Crippen LogP contribution in [0.15, 0.2) is 64.7 Å². The van der Waals surface area contributed by atoms with Crippen LogP contribution in [0, 0.1) is 11.8 Å². The van der Waals surface area contributed by atoms with Crippen molar-refractivity contribution < 1.29 is 47.9 Å². The Morgan fingerprint density at radius 1 is 0.711 bits per heavy atom. The number of H-pyrrole nitrogens is 1. The maximum Gasteiger partial charge on any atom is 0.243 e. The zero-order chi connectivity index (χ0) is 55.9. The normalized spacial score (nSPS) is 21.2. The van der Waals surface area contributed by atoms with Crippen molar-refractivity contribution in [3.05, 3.63) is 70.9 Å². The number of aliphatic imine (C=N–C) groups is 2. The fraction of sp³-hybridized carbons (Fsp3) is 0.490. The quantitative estimate of drug-likeness (QED) is 0.0438. The van der Waals surface area contributed by atoms with Crippen LogP contribution in [0.4, 0.5) is 0 Å². The van der Waals surface area contributed by atoms with Gasteiger partial charge in [-0.15, -0.1) is 0 Å². The van der Waals surface area contributed by atoms with E-state index in [0.717, 1.165) is 10.9 Å². The van der Waals surface area contributed by atoms with Crippen LogP contribution in [0.5, 0.6) is 0 Å². The molecule has 7 atom stereocenters. The lowest BCUT2D eigenvalue weighted by Crippen LogP contribution is -2.58. The molecule has 7 amide bonds. The molecular weight excluding hydrogens is 1000 g/mol. The van der Waals surface area contributed by atoms with Crippen molar-refractivity contribution in [1.29, 1.82) is 0 Å². The Balaban J connectivity index is 1.79. The molecule has 1 aliphatic heterocycles. The van der Waals surface area contributed by atoms with Crippen LogP contribution in [0.3, 0.4) is 0 Å². The molecule has 1 fully saturated rings. The van der Waals surface area contributed by atoms with Crippen LogP contribution in [-0.2, 0) is 60.8 Å². The second-order valence-electron chi connectivity index (χ2n) is 18.9. The molecule has 4 rings (SSSR count). The van der Waals surface area contributed by atoms with Gasteiger partial charge in [-0.05, 0) is 74.6 Å². The molecule has 412 valence electrons. The van der Waals surface area contributed by atoms with Crippen LogP contribution >= 0.6 is 11.6 Å². The number of aromatic nitrogens is 1. The average Bonchev–Trinajstić information content (AvgIpc) is 3.76. The lowest BCUT2D eigenvalue weighted by Gasteiger charge is -2.27. The van der Waals surface area contributed by atoms with E-state index in [1.807, 2.05) is 24.3 Å². The fourth-order valence-electron chi connectivity index (χ4n) is 8.86. The Bertz CT molecular complexity index is 2630. The van der Waals surface area contributed by atoms with Gasteiger partial charge in [-0.1, -0.05) is 54.4 Å². The van der Waals surface area contributed by atoms with E-state index >= 15 is 0 Å². The summed E-state index contributed by atoms with van der Waals surface area (Å²) in [6.45, 7) is 1.38. The number of hydrogen-bond donors (Lipinski definition) is 12. The number of primary amides is 2. The highest BCUT2D eigenvalue weighted by molar-refractivity contribution is 6.31. The number of hydrogen-bond acceptors (Lipinski definition) is 12. The molecule has 18 N–H and O–H groups in total. The third-order valence-corrected chi connectivity index (χ3v) is 13.2. The van der Waals surface area contributed by atoms with Crippen molar-refractivity contribution in [2.24, 2.45) is 56.2 Å². The smallest absolute Gasteiger partial charge is 0.243 e. The molecule has 2 heterocycles. The summed E-state index contributed by atoms with van der Waals surface area (Å²) in [5.74, 6) is -10.1. The number of amides is 7. The number of para-hydroxylation sites is 1. The van der Waals surface area contributed by atoms with Gasteiger partial charge in [0.1, 0.15) is 35.7 Å². The highest BCUT2D eigenvalue weighted by Gasteiger charge is 2.36. The van der Waals surface area contributed by atoms with Gasteiger partial charge in [0.2, 0.25) is 41.4 Å². The van der Waals surface area contributed by atoms with Crippen LogP contribution in [0.2, 0.25) is 5.02 Å². The van der Waals surface area contributed by atoms with E-state index in [1.165, 1.54) is 6.92 Å². The van der Waals surface area contributed by atoms with Gasteiger partial charge in [0.15, 0.2) is 17.7 Å². The van der Waals surface area contributed by atoms with Crippen molar-refractivity contribution in [2.45, 2.75) is 133 Å². The number of halogens is 1. The van der Waals surface area contributed by atoms with Crippen LogP contribution in [0.25, 0.3) is 10.9 Å². The molecule has 0 unspecified atom stereocenters. The lowest BCUT2D eigenvalue weighted by atomic mass is 9.83. The van der Waals surface area contributed by atoms with Gasteiger partial charge in [-0.25, -0.2) is 0 Å². The summed E-state index contributed by atoms with van der Waals surface area (Å²) < 4.78 is 0. The van der Waals surface area contributed by atoms with E-state index in [4.69, 9.17) is 46.0 Å². The van der Waals surface area contributed by atoms with Gasteiger partial charge in [-0.2, -0.15) is 0 Å². The Labute approximate surface area is 444 Å². The number of rotatable bonds is 18. The molecule has 0 bridgehead atoms. The molecule has 0 spiro atoms. The van der Waals surface area contributed by atoms with E-state index < -0.39 is 114 Å².